The van der Waals surface area contributed by atoms with Crippen LogP contribution in [0.15, 0.2) is 0 Å². The van der Waals surface area contributed by atoms with Gasteiger partial charge in [0.2, 0.25) is 0 Å². The second-order valence-corrected chi connectivity index (χ2v) is 3.64. The van der Waals surface area contributed by atoms with Crippen LogP contribution in [0.3, 0.4) is 0 Å². The SMILES string of the molecule is Cn1c(CC[O])nc2c1CCCC2. The van der Waals surface area contributed by atoms with E-state index < -0.39 is 0 Å². The van der Waals surface area contributed by atoms with Crippen LogP contribution in [-0.2, 0) is 31.4 Å². The zero-order valence-electron chi connectivity index (χ0n) is 8.05. The number of aryl methyl sites for hydroxylation is 1. The summed E-state index contributed by atoms with van der Waals surface area (Å²) in [5.41, 5.74) is 2.59. The Bertz CT molecular complexity index is 304. The van der Waals surface area contributed by atoms with Gasteiger partial charge < -0.3 is 4.57 Å². The molecule has 1 aliphatic rings. The molecule has 0 saturated carbocycles. The number of aromatic nitrogens is 2. The van der Waals surface area contributed by atoms with Crippen LogP contribution >= 0.6 is 0 Å². The maximum Gasteiger partial charge on any atom is 0.111 e. The Kier molecular flexibility index (Phi) is 2.36. The quantitative estimate of drug-likeness (QED) is 0.673. The first-order valence-corrected chi connectivity index (χ1v) is 4.94. The van der Waals surface area contributed by atoms with Crippen molar-refractivity contribution in [3.8, 4) is 0 Å². The van der Waals surface area contributed by atoms with Gasteiger partial charge in [0.05, 0.1) is 12.3 Å². The van der Waals surface area contributed by atoms with Gasteiger partial charge in [-0.2, -0.15) is 0 Å². The van der Waals surface area contributed by atoms with E-state index in [1.54, 1.807) is 0 Å². The van der Waals surface area contributed by atoms with E-state index in [1.807, 2.05) is 7.05 Å². The number of hydrogen-bond acceptors (Lipinski definition) is 1. The molecule has 71 valence electrons. The summed E-state index contributed by atoms with van der Waals surface area (Å²) >= 11 is 0. The molecule has 0 bridgehead atoms. The summed E-state index contributed by atoms with van der Waals surface area (Å²) in [6, 6.07) is 0. The fourth-order valence-electron chi connectivity index (χ4n) is 2.06. The average Bonchev–Trinajstić information content (AvgIpc) is 2.46. The minimum atomic E-state index is -0.0519. The van der Waals surface area contributed by atoms with Gasteiger partial charge in [-0.15, -0.1) is 0 Å². The summed E-state index contributed by atoms with van der Waals surface area (Å²) in [7, 11) is 2.03. The van der Waals surface area contributed by atoms with E-state index in [0.29, 0.717) is 6.42 Å². The van der Waals surface area contributed by atoms with Crippen molar-refractivity contribution in [2.75, 3.05) is 6.61 Å². The Morgan fingerprint density at radius 1 is 1.38 bits per heavy atom. The molecule has 1 aliphatic carbocycles. The van der Waals surface area contributed by atoms with Crippen molar-refractivity contribution in [1.29, 1.82) is 0 Å². The van der Waals surface area contributed by atoms with Gasteiger partial charge in [0, 0.05) is 19.2 Å². The second kappa shape index (κ2) is 3.50. The first-order chi connectivity index (χ1) is 6.33. The molecule has 0 atom stereocenters. The largest absolute Gasteiger partial charge is 0.335 e. The summed E-state index contributed by atoms with van der Waals surface area (Å²) in [5.74, 6) is 0.974. The molecule has 0 fully saturated rings. The number of fused-ring (bicyclic) bond motifs is 1. The maximum atomic E-state index is 10.5. The Labute approximate surface area is 78.4 Å². The maximum absolute atomic E-state index is 10.5. The zero-order valence-corrected chi connectivity index (χ0v) is 8.05. The lowest BCUT2D eigenvalue weighted by molar-refractivity contribution is 0.194. The average molecular weight is 179 g/mol. The molecule has 1 aromatic heterocycles. The van der Waals surface area contributed by atoms with Gasteiger partial charge in [0.1, 0.15) is 5.82 Å². The Morgan fingerprint density at radius 2 is 2.15 bits per heavy atom. The Hall–Kier alpha value is -0.830. The standard InChI is InChI=1S/C10H15N2O/c1-12-9-5-3-2-4-8(9)11-10(12)6-7-13/h2-7H2,1H3. The third kappa shape index (κ3) is 1.48. The second-order valence-electron chi connectivity index (χ2n) is 3.64. The van der Waals surface area contributed by atoms with Crippen molar-refractivity contribution >= 4 is 0 Å². The van der Waals surface area contributed by atoms with E-state index in [-0.39, 0.29) is 6.61 Å². The molecule has 1 heterocycles. The fraction of sp³-hybridized carbons (Fsp3) is 0.700. The molecule has 1 radical (unpaired) electrons. The van der Waals surface area contributed by atoms with Crippen LogP contribution in [0.2, 0.25) is 0 Å². The molecule has 0 amide bonds. The summed E-state index contributed by atoms with van der Waals surface area (Å²) in [5, 5.41) is 10.5. The first-order valence-electron chi connectivity index (χ1n) is 4.94. The highest BCUT2D eigenvalue weighted by Gasteiger charge is 2.16. The van der Waals surface area contributed by atoms with Crippen LogP contribution in [0.4, 0.5) is 0 Å². The van der Waals surface area contributed by atoms with Gasteiger partial charge in [0.15, 0.2) is 0 Å². The molecule has 0 aromatic carbocycles. The third-order valence-electron chi connectivity index (χ3n) is 2.79. The molecule has 3 heteroatoms. The van der Waals surface area contributed by atoms with Gasteiger partial charge in [-0.3, -0.25) is 0 Å². The lowest BCUT2D eigenvalue weighted by atomic mass is 10.0. The van der Waals surface area contributed by atoms with Gasteiger partial charge in [-0.1, -0.05) is 0 Å². The van der Waals surface area contributed by atoms with Crippen molar-refractivity contribution in [2.24, 2.45) is 7.05 Å². The third-order valence-corrected chi connectivity index (χ3v) is 2.79. The minimum Gasteiger partial charge on any atom is -0.335 e. The number of imidazole rings is 1. The van der Waals surface area contributed by atoms with Crippen molar-refractivity contribution in [3.05, 3.63) is 17.2 Å². The van der Waals surface area contributed by atoms with E-state index in [9.17, 15) is 5.11 Å². The van der Waals surface area contributed by atoms with E-state index in [2.05, 4.69) is 9.55 Å². The van der Waals surface area contributed by atoms with Gasteiger partial charge in [0.25, 0.3) is 0 Å². The zero-order chi connectivity index (χ0) is 9.26. The van der Waals surface area contributed by atoms with Crippen molar-refractivity contribution < 1.29 is 5.11 Å². The van der Waals surface area contributed by atoms with Crippen LogP contribution in [0.1, 0.15) is 30.1 Å². The molecule has 0 N–H and O–H groups in total. The molecule has 13 heavy (non-hydrogen) atoms. The molecule has 0 spiro atoms. The van der Waals surface area contributed by atoms with Crippen LogP contribution < -0.4 is 0 Å². The van der Waals surface area contributed by atoms with E-state index in [1.165, 1.54) is 24.2 Å². The smallest absolute Gasteiger partial charge is 0.111 e. The lowest BCUT2D eigenvalue weighted by Crippen LogP contribution is -2.06. The Morgan fingerprint density at radius 3 is 2.85 bits per heavy atom. The van der Waals surface area contributed by atoms with Crippen LogP contribution in [0.25, 0.3) is 0 Å². The molecule has 0 saturated heterocycles. The van der Waals surface area contributed by atoms with Crippen molar-refractivity contribution in [2.45, 2.75) is 32.1 Å². The molecule has 0 unspecified atom stereocenters. The van der Waals surface area contributed by atoms with Crippen LogP contribution in [0, 0.1) is 0 Å². The van der Waals surface area contributed by atoms with E-state index >= 15 is 0 Å². The van der Waals surface area contributed by atoms with Crippen LogP contribution in [-0.4, -0.2) is 16.2 Å². The highest BCUT2D eigenvalue weighted by molar-refractivity contribution is 5.19. The van der Waals surface area contributed by atoms with Crippen LogP contribution in [0.5, 0.6) is 0 Å². The monoisotopic (exact) mass is 179 g/mol. The summed E-state index contributed by atoms with van der Waals surface area (Å²) < 4.78 is 2.12. The van der Waals surface area contributed by atoms with E-state index in [0.717, 1.165) is 18.7 Å². The molecular weight excluding hydrogens is 164 g/mol. The highest BCUT2D eigenvalue weighted by atomic mass is 16.3. The fourth-order valence-corrected chi connectivity index (χ4v) is 2.06. The summed E-state index contributed by atoms with van der Waals surface area (Å²) in [6.45, 7) is -0.0519. The summed E-state index contributed by atoms with van der Waals surface area (Å²) in [6.07, 6.45) is 5.33. The number of hydrogen-bond donors (Lipinski definition) is 0. The number of nitrogens with zero attached hydrogens (tertiary/aromatic N) is 2. The predicted molar refractivity (Wildman–Crippen MR) is 49.1 cm³/mol. The van der Waals surface area contributed by atoms with E-state index in [4.69, 9.17) is 0 Å². The minimum absolute atomic E-state index is 0.0519. The van der Waals surface area contributed by atoms with Crippen molar-refractivity contribution in [1.82, 2.24) is 9.55 Å². The first kappa shape index (κ1) is 8.75. The normalized spacial score (nSPS) is 15.8. The number of rotatable bonds is 2. The highest BCUT2D eigenvalue weighted by Crippen LogP contribution is 2.21. The molecule has 1 aromatic rings. The molecule has 2 rings (SSSR count). The lowest BCUT2D eigenvalue weighted by Gasteiger charge is -2.11. The molecular formula is C10H15N2O. The molecule has 3 nitrogen and oxygen atoms in total. The molecule has 0 aliphatic heterocycles. The van der Waals surface area contributed by atoms with Gasteiger partial charge in [-0.25, -0.2) is 10.1 Å². The summed E-state index contributed by atoms with van der Waals surface area (Å²) in [4.78, 5) is 4.50. The predicted octanol–water partition coefficient (Wildman–Crippen LogP) is 1.27. The topological polar surface area (TPSA) is 37.7 Å². The Balaban J connectivity index is 2.33. The van der Waals surface area contributed by atoms with Gasteiger partial charge >= 0.3 is 0 Å². The van der Waals surface area contributed by atoms with Gasteiger partial charge in [-0.05, 0) is 25.7 Å². The van der Waals surface area contributed by atoms with Crippen molar-refractivity contribution in [3.63, 3.8) is 0 Å².